The van der Waals surface area contributed by atoms with E-state index in [-0.39, 0.29) is 0 Å². The minimum absolute atomic E-state index is 0.661. The highest BCUT2D eigenvalue weighted by Crippen LogP contribution is 2.16. The second kappa shape index (κ2) is 7.84. The topological polar surface area (TPSA) is 79.1 Å². The molecule has 6 heteroatoms. The molecule has 0 radical (unpaired) electrons. The summed E-state index contributed by atoms with van der Waals surface area (Å²) in [7, 11) is 0. The fourth-order valence-corrected chi connectivity index (χ4v) is 1.85. The molecule has 0 fully saturated rings. The molecule has 0 aliphatic carbocycles. The third kappa shape index (κ3) is 4.12. The number of rotatable bonds is 8. The molecule has 1 heterocycles. The SMILES string of the molecule is CCCN(CC)CCNc1ncnc(NN)c1C. The number of anilines is 2. The minimum atomic E-state index is 0.661. The van der Waals surface area contributed by atoms with Crippen molar-refractivity contribution in [3.05, 3.63) is 11.9 Å². The summed E-state index contributed by atoms with van der Waals surface area (Å²) < 4.78 is 0. The van der Waals surface area contributed by atoms with Crippen LogP contribution in [0.2, 0.25) is 0 Å². The van der Waals surface area contributed by atoms with Gasteiger partial charge in [0.25, 0.3) is 0 Å². The molecular weight excluding hydrogens is 228 g/mol. The standard InChI is InChI=1S/C12H24N6/c1-4-7-18(5-2)8-6-14-11-10(3)12(17-13)16-9-15-11/h9H,4-8,13H2,1-3H3,(H2,14,15,16,17). The molecule has 18 heavy (non-hydrogen) atoms. The number of aromatic nitrogens is 2. The molecule has 0 unspecified atom stereocenters. The first-order valence-corrected chi connectivity index (χ1v) is 6.47. The Labute approximate surface area is 109 Å². The van der Waals surface area contributed by atoms with Crippen molar-refractivity contribution in [2.75, 3.05) is 36.9 Å². The molecule has 6 nitrogen and oxygen atoms in total. The number of likely N-dealkylation sites (N-methyl/N-ethyl adjacent to an activating group) is 1. The van der Waals surface area contributed by atoms with Crippen molar-refractivity contribution >= 4 is 11.6 Å². The molecule has 0 saturated heterocycles. The summed E-state index contributed by atoms with van der Waals surface area (Å²) in [5.74, 6) is 6.88. The summed E-state index contributed by atoms with van der Waals surface area (Å²) in [6.07, 6.45) is 2.69. The third-order valence-electron chi connectivity index (χ3n) is 2.93. The Balaban J connectivity index is 2.48. The van der Waals surface area contributed by atoms with Crippen LogP contribution in [0.15, 0.2) is 6.33 Å². The van der Waals surface area contributed by atoms with Crippen LogP contribution in [-0.2, 0) is 0 Å². The number of nitrogens with zero attached hydrogens (tertiary/aromatic N) is 3. The van der Waals surface area contributed by atoms with Crippen molar-refractivity contribution < 1.29 is 0 Å². The van der Waals surface area contributed by atoms with Gasteiger partial charge in [0.05, 0.1) is 0 Å². The number of nitrogens with two attached hydrogens (primary N) is 1. The number of nitrogen functional groups attached to an aromatic ring is 1. The van der Waals surface area contributed by atoms with Gasteiger partial charge in [-0.25, -0.2) is 15.8 Å². The summed E-state index contributed by atoms with van der Waals surface area (Å²) in [6.45, 7) is 10.4. The summed E-state index contributed by atoms with van der Waals surface area (Å²) in [5.41, 5.74) is 3.51. The molecule has 0 bridgehead atoms. The molecular formula is C12H24N6. The lowest BCUT2D eigenvalue weighted by atomic mass is 10.3. The first kappa shape index (κ1) is 14.7. The van der Waals surface area contributed by atoms with E-state index in [0.29, 0.717) is 5.82 Å². The second-order valence-electron chi connectivity index (χ2n) is 4.20. The molecule has 0 amide bonds. The Morgan fingerprint density at radius 1 is 1.22 bits per heavy atom. The lowest BCUT2D eigenvalue weighted by molar-refractivity contribution is 0.300. The van der Waals surface area contributed by atoms with Crippen LogP contribution in [0.5, 0.6) is 0 Å². The lowest BCUT2D eigenvalue weighted by Gasteiger charge is -2.20. The predicted molar refractivity (Wildman–Crippen MR) is 75.5 cm³/mol. The number of hydrogen-bond donors (Lipinski definition) is 3. The Morgan fingerprint density at radius 2 is 1.94 bits per heavy atom. The van der Waals surface area contributed by atoms with Crippen molar-refractivity contribution in [2.45, 2.75) is 27.2 Å². The number of nitrogens with one attached hydrogen (secondary N) is 2. The normalized spacial score (nSPS) is 10.7. The van der Waals surface area contributed by atoms with E-state index in [4.69, 9.17) is 5.84 Å². The van der Waals surface area contributed by atoms with E-state index >= 15 is 0 Å². The fraction of sp³-hybridized carbons (Fsp3) is 0.667. The number of hydrazine groups is 1. The fourth-order valence-electron chi connectivity index (χ4n) is 1.85. The van der Waals surface area contributed by atoms with Crippen LogP contribution in [0.1, 0.15) is 25.8 Å². The van der Waals surface area contributed by atoms with Crippen LogP contribution in [0.3, 0.4) is 0 Å². The summed E-state index contributed by atoms with van der Waals surface area (Å²) in [6, 6.07) is 0. The maximum absolute atomic E-state index is 5.38. The second-order valence-corrected chi connectivity index (χ2v) is 4.20. The molecule has 102 valence electrons. The van der Waals surface area contributed by atoms with Crippen molar-refractivity contribution in [1.82, 2.24) is 14.9 Å². The van der Waals surface area contributed by atoms with E-state index in [2.05, 4.69) is 39.5 Å². The Hall–Kier alpha value is -1.40. The largest absolute Gasteiger partial charge is 0.368 e. The van der Waals surface area contributed by atoms with Crippen molar-refractivity contribution in [3.63, 3.8) is 0 Å². The zero-order valence-electron chi connectivity index (χ0n) is 11.5. The van der Waals surface area contributed by atoms with Crippen LogP contribution >= 0.6 is 0 Å². The van der Waals surface area contributed by atoms with Gasteiger partial charge in [0, 0.05) is 18.7 Å². The molecule has 0 spiro atoms. The van der Waals surface area contributed by atoms with E-state index in [1.807, 2.05) is 6.92 Å². The van der Waals surface area contributed by atoms with Gasteiger partial charge in [-0.1, -0.05) is 13.8 Å². The van der Waals surface area contributed by atoms with E-state index in [0.717, 1.165) is 37.6 Å². The van der Waals surface area contributed by atoms with Gasteiger partial charge < -0.3 is 15.6 Å². The van der Waals surface area contributed by atoms with Crippen LogP contribution in [0, 0.1) is 6.92 Å². The van der Waals surface area contributed by atoms with Gasteiger partial charge in [-0.3, -0.25) is 0 Å². The van der Waals surface area contributed by atoms with Crippen LogP contribution < -0.4 is 16.6 Å². The highest BCUT2D eigenvalue weighted by Gasteiger charge is 2.06. The first-order chi connectivity index (χ1) is 8.72. The van der Waals surface area contributed by atoms with Crippen molar-refractivity contribution in [3.8, 4) is 0 Å². The van der Waals surface area contributed by atoms with Gasteiger partial charge in [-0.15, -0.1) is 0 Å². The van der Waals surface area contributed by atoms with Gasteiger partial charge in [0.2, 0.25) is 0 Å². The average molecular weight is 252 g/mol. The lowest BCUT2D eigenvalue weighted by Crippen LogP contribution is -2.30. The smallest absolute Gasteiger partial charge is 0.148 e. The van der Waals surface area contributed by atoms with Gasteiger partial charge in [0.15, 0.2) is 0 Å². The quantitative estimate of drug-likeness (QED) is 0.477. The zero-order valence-corrected chi connectivity index (χ0v) is 11.5. The maximum atomic E-state index is 5.38. The minimum Gasteiger partial charge on any atom is -0.368 e. The molecule has 0 aliphatic heterocycles. The molecule has 0 saturated carbocycles. The van der Waals surface area contributed by atoms with Gasteiger partial charge >= 0.3 is 0 Å². The van der Waals surface area contributed by atoms with E-state index < -0.39 is 0 Å². The van der Waals surface area contributed by atoms with Gasteiger partial charge in [-0.05, 0) is 26.4 Å². The molecule has 1 aromatic heterocycles. The molecule has 0 atom stereocenters. The average Bonchev–Trinajstić information content (AvgIpc) is 2.39. The Kier molecular flexibility index (Phi) is 6.38. The molecule has 1 rings (SSSR count). The van der Waals surface area contributed by atoms with Gasteiger partial charge in [-0.2, -0.15) is 0 Å². The van der Waals surface area contributed by atoms with Crippen LogP contribution in [0.25, 0.3) is 0 Å². The molecule has 4 N–H and O–H groups in total. The Morgan fingerprint density at radius 3 is 2.56 bits per heavy atom. The monoisotopic (exact) mass is 252 g/mol. The van der Waals surface area contributed by atoms with Crippen LogP contribution in [0.4, 0.5) is 11.6 Å². The molecule has 0 aromatic carbocycles. The molecule has 1 aromatic rings. The predicted octanol–water partition coefficient (Wildman–Crippen LogP) is 1.21. The van der Waals surface area contributed by atoms with Gasteiger partial charge in [0.1, 0.15) is 18.0 Å². The first-order valence-electron chi connectivity index (χ1n) is 6.47. The van der Waals surface area contributed by atoms with Crippen molar-refractivity contribution in [1.29, 1.82) is 0 Å². The highest BCUT2D eigenvalue weighted by molar-refractivity contribution is 5.55. The third-order valence-corrected chi connectivity index (χ3v) is 2.93. The van der Waals surface area contributed by atoms with E-state index in [9.17, 15) is 0 Å². The number of hydrogen-bond acceptors (Lipinski definition) is 6. The highest BCUT2D eigenvalue weighted by atomic mass is 15.3. The summed E-state index contributed by atoms with van der Waals surface area (Å²) >= 11 is 0. The Bertz CT molecular complexity index is 354. The van der Waals surface area contributed by atoms with Crippen molar-refractivity contribution in [2.24, 2.45) is 5.84 Å². The maximum Gasteiger partial charge on any atom is 0.148 e. The van der Waals surface area contributed by atoms with E-state index in [1.54, 1.807) is 0 Å². The molecule has 0 aliphatic rings. The summed E-state index contributed by atoms with van der Waals surface area (Å²) in [5, 5.41) is 3.32. The van der Waals surface area contributed by atoms with Crippen LogP contribution in [-0.4, -0.2) is 41.0 Å². The summed E-state index contributed by atoms with van der Waals surface area (Å²) in [4.78, 5) is 10.7. The van der Waals surface area contributed by atoms with E-state index in [1.165, 1.54) is 12.7 Å². The zero-order chi connectivity index (χ0) is 13.4.